The fraction of sp³-hybridized carbons (Fsp3) is 0.353. The first kappa shape index (κ1) is 17.7. The molecule has 1 aromatic carbocycles. The summed E-state index contributed by atoms with van der Waals surface area (Å²) in [5.41, 5.74) is 1.02. The lowest BCUT2D eigenvalue weighted by Gasteiger charge is -2.20. The maximum Gasteiger partial charge on any atom is 0.407 e. The number of amides is 1. The van der Waals surface area contributed by atoms with Gasteiger partial charge in [0.1, 0.15) is 17.4 Å². The molecular weight excluding hydrogens is 285 g/mol. The molecule has 0 spiro atoms. The van der Waals surface area contributed by atoms with Gasteiger partial charge in [-0.25, -0.2) is 14.0 Å². The maximum absolute atomic E-state index is 13.4. The van der Waals surface area contributed by atoms with E-state index in [2.05, 4.69) is 11.9 Å². The molecule has 1 N–H and O–H groups in total. The van der Waals surface area contributed by atoms with Crippen LogP contribution in [0.15, 0.2) is 36.4 Å². The van der Waals surface area contributed by atoms with Crippen molar-refractivity contribution in [3.8, 4) is 0 Å². The number of ether oxygens (including phenoxy) is 1. The van der Waals surface area contributed by atoms with Crippen LogP contribution in [0.5, 0.6) is 0 Å². The van der Waals surface area contributed by atoms with Crippen LogP contribution in [0.25, 0.3) is 0 Å². The summed E-state index contributed by atoms with van der Waals surface area (Å²) in [5.74, 6) is 1.35. The van der Waals surface area contributed by atoms with Gasteiger partial charge in [-0.2, -0.15) is 0 Å². The Labute approximate surface area is 129 Å². The van der Waals surface area contributed by atoms with E-state index in [0.717, 1.165) is 0 Å². The number of alkyl carbamates (subject to hydrolysis) is 1. The lowest BCUT2D eigenvalue weighted by atomic mass is 10.00. The Morgan fingerprint density at radius 3 is 2.64 bits per heavy atom. The summed E-state index contributed by atoms with van der Waals surface area (Å²) in [4.78, 5) is 22.4. The number of carbonyl (C=O) groups excluding carboxylic acids is 2. The third-order valence-electron chi connectivity index (χ3n) is 2.75. The summed E-state index contributed by atoms with van der Waals surface area (Å²) >= 11 is 0. The SMILES string of the molecule is C=CC(=C=O)Cc1cc(F)ccc1CNC(=O)OC(C)(C)C. The molecule has 22 heavy (non-hydrogen) atoms. The first-order valence-electron chi connectivity index (χ1n) is 6.85. The minimum absolute atomic E-state index is 0.174. The average molecular weight is 305 g/mol. The van der Waals surface area contributed by atoms with Gasteiger partial charge in [0.2, 0.25) is 0 Å². The Bertz CT molecular complexity index is 611. The van der Waals surface area contributed by atoms with Crippen molar-refractivity contribution in [1.82, 2.24) is 5.32 Å². The van der Waals surface area contributed by atoms with E-state index < -0.39 is 17.5 Å². The zero-order valence-electron chi connectivity index (χ0n) is 13.0. The molecule has 1 rings (SSSR count). The summed E-state index contributed by atoms with van der Waals surface area (Å²) in [6.45, 7) is 8.98. The van der Waals surface area contributed by atoms with Crippen molar-refractivity contribution in [1.29, 1.82) is 0 Å². The predicted molar refractivity (Wildman–Crippen MR) is 82.6 cm³/mol. The lowest BCUT2D eigenvalue weighted by molar-refractivity contribution is 0.0523. The van der Waals surface area contributed by atoms with Crippen molar-refractivity contribution in [3.05, 3.63) is 53.4 Å². The first-order valence-corrected chi connectivity index (χ1v) is 6.85. The van der Waals surface area contributed by atoms with Crippen LogP contribution >= 0.6 is 0 Å². The topological polar surface area (TPSA) is 55.4 Å². The van der Waals surface area contributed by atoms with Crippen molar-refractivity contribution in [2.75, 3.05) is 0 Å². The van der Waals surface area contributed by atoms with E-state index in [9.17, 15) is 14.0 Å². The van der Waals surface area contributed by atoms with E-state index >= 15 is 0 Å². The van der Waals surface area contributed by atoms with E-state index in [0.29, 0.717) is 16.7 Å². The summed E-state index contributed by atoms with van der Waals surface area (Å²) in [7, 11) is 0. The molecule has 1 aromatic rings. The lowest BCUT2D eigenvalue weighted by Crippen LogP contribution is -2.32. The Morgan fingerprint density at radius 2 is 2.09 bits per heavy atom. The van der Waals surface area contributed by atoms with Gasteiger partial charge in [0.25, 0.3) is 0 Å². The number of hydrogen-bond donors (Lipinski definition) is 1. The standard InChI is InChI=1S/C17H20FNO3/c1-5-12(11-20)8-14-9-15(18)7-6-13(14)10-19-16(21)22-17(2,3)4/h5-7,9H,1,8,10H2,2-4H3,(H,19,21). The van der Waals surface area contributed by atoms with Gasteiger partial charge in [-0.3, -0.25) is 0 Å². The predicted octanol–water partition coefficient (Wildman–Crippen LogP) is 3.34. The smallest absolute Gasteiger partial charge is 0.407 e. The molecule has 0 aromatic heterocycles. The number of benzene rings is 1. The molecule has 0 saturated carbocycles. The molecule has 0 unspecified atom stereocenters. The molecule has 0 fully saturated rings. The van der Waals surface area contributed by atoms with Crippen molar-refractivity contribution in [2.24, 2.45) is 0 Å². The third kappa shape index (κ3) is 5.94. The third-order valence-corrected chi connectivity index (χ3v) is 2.75. The largest absolute Gasteiger partial charge is 0.444 e. The monoisotopic (exact) mass is 305 g/mol. The molecule has 0 saturated heterocycles. The summed E-state index contributed by atoms with van der Waals surface area (Å²) < 4.78 is 18.5. The van der Waals surface area contributed by atoms with Gasteiger partial charge in [-0.05, 0) is 44.0 Å². The molecule has 0 radical (unpaired) electrons. The van der Waals surface area contributed by atoms with E-state index in [1.165, 1.54) is 18.2 Å². The number of allylic oxidation sites excluding steroid dienone is 2. The number of nitrogens with one attached hydrogen (secondary N) is 1. The van der Waals surface area contributed by atoms with Crippen LogP contribution < -0.4 is 5.32 Å². The minimum atomic E-state index is -0.591. The van der Waals surface area contributed by atoms with Crippen LogP contribution in [0.4, 0.5) is 9.18 Å². The summed E-state index contributed by atoms with van der Waals surface area (Å²) in [6.07, 6.45) is 1.02. The Balaban J connectivity index is 2.84. The molecule has 0 heterocycles. The number of carbonyl (C=O) groups is 1. The zero-order valence-corrected chi connectivity index (χ0v) is 13.0. The van der Waals surface area contributed by atoms with Crippen LogP contribution in [0.3, 0.4) is 0 Å². The summed E-state index contributed by atoms with van der Waals surface area (Å²) in [6, 6.07) is 4.19. The van der Waals surface area contributed by atoms with E-state index in [4.69, 9.17) is 4.74 Å². The van der Waals surface area contributed by atoms with E-state index in [1.54, 1.807) is 32.8 Å². The van der Waals surface area contributed by atoms with Gasteiger partial charge in [-0.15, -0.1) is 0 Å². The van der Waals surface area contributed by atoms with Crippen LogP contribution in [0, 0.1) is 5.82 Å². The maximum atomic E-state index is 13.4. The molecule has 0 aliphatic heterocycles. The van der Waals surface area contributed by atoms with Gasteiger partial charge >= 0.3 is 6.09 Å². The fourth-order valence-corrected chi connectivity index (χ4v) is 1.77. The highest BCUT2D eigenvalue weighted by Crippen LogP contribution is 2.16. The van der Waals surface area contributed by atoms with Gasteiger partial charge < -0.3 is 10.1 Å². The van der Waals surface area contributed by atoms with Crippen molar-refractivity contribution in [2.45, 2.75) is 39.3 Å². The number of rotatable bonds is 5. The Morgan fingerprint density at radius 1 is 1.41 bits per heavy atom. The molecule has 1 amide bonds. The molecule has 0 aliphatic carbocycles. The molecule has 118 valence electrons. The first-order chi connectivity index (χ1) is 10.2. The van der Waals surface area contributed by atoms with Crippen molar-refractivity contribution >= 4 is 12.0 Å². The second-order valence-electron chi connectivity index (χ2n) is 5.78. The summed E-state index contributed by atoms with van der Waals surface area (Å²) in [5, 5.41) is 2.61. The second kappa shape index (κ2) is 7.57. The number of halogens is 1. The molecular formula is C17H20FNO3. The fourth-order valence-electron chi connectivity index (χ4n) is 1.77. The highest BCUT2D eigenvalue weighted by Gasteiger charge is 2.16. The second-order valence-corrected chi connectivity index (χ2v) is 5.78. The van der Waals surface area contributed by atoms with Gasteiger partial charge in [0.05, 0.1) is 0 Å². The van der Waals surface area contributed by atoms with Gasteiger partial charge in [0.15, 0.2) is 0 Å². The van der Waals surface area contributed by atoms with Crippen LogP contribution in [-0.2, 0) is 22.5 Å². The number of hydrogen-bond acceptors (Lipinski definition) is 3. The van der Waals surface area contributed by atoms with Crippen molar-refractivity contribution < 1.29 is 18.7 Å². The molecule has 5 heteroatoms. The molecule has 4 nitrogen and oxygen atoms in total. The molecule has 0 atom stereocenters. The Kier molecular flexibility index (Phi) is 6.08. The molecule has 0 aliphatic rings. The average Bonchev–Trinajstić information content (AvgIpc) is 2.41. The van der Waals surface area contributed by atoms with E-state index in [-0.39, 0.29) is 13.0 Å². The van der Waals surface area contributed by atoms with E-state index in [1.807, 2.05) is 0 Å². The highest BCUT2D eigenvalue weighted by molar-refractivity contribution is 5.67. The quantitative estimate of drug-likeness (QED) is 0.670. The van der Waals surface area contributed by atoms with Gasteiger partial charge in [0, 0.05) is 18.5 Å². The van der Waals surface area contributed by atoms with Crippen LogP contribution in [0.1, 0.15) is 31.9 Å². The zero-order chi connectivity index (χ0) is 16.8. The van der Waals surface area contributed by atoms with Gasteiger partial charge in [-0.1, -0.05) is 18.7 Å². The highest BCUT2D eigenvalue weighted by atomic mass is 19.1. The minimum Gasteiger partial charge on any atom is -0.444 e. The van der Waals surface area contributed by atoms with Crippen LogP contribution in [-0.4, -0.2) is 17.6 Å². The Hall–Kier alpha value is -2.39. The molecule has 0 bridgehead atoms. The van der Waals surface area contributed by atoms with Crippen LogP contribution in [0.2, 0.25) is 0 Å². The van der Waals surface area contributed by atoms with Crippen molar-refractivity contribution in [3.63, 3.8) is 0 Å². The normalized spacial score (nSPS) is 10.5.